The van der Waals surface area contributed by atoms with Gasteiger partial charge in [0.2, 0.25) is 0 Å². The van der Waals surface area contributed by atoms with Gasteiger partial charge in [0.05, 0.1) is 27.8 Å². The standard InChI is InChI=1S/C51H39N5/c52-27-24-36(35-14-4-1-5-15-35)32-50(45-33-48-37(25-28-54(48)39-16-6-2-7-17-39)30-43(45)41-20-10-12-22-46(41)53)56-47-23-13-11-21-42(47)44-31-38-26-29-55(49(38)34-51(44)56)40-18-8-3-9-19-40/h1-26,28-34H,27,52-53H2/b36-24+,50-32?. The molecule has 0 saturated carbocycles. The van der Waals surface area contributed by atoms with E-state index in [4.69, 9.17) is 11.5 Å². The lowest BCUT2D eigenvalue weighted by Gasteiger charge is -2.20. The van der Waals surface area contributed by atoms with Crippen LogP contribution in [0.3, 0.4) is 0 Å². The molecule has 0 spiro atoms. The van der Waals surface area contributed by atoms with Crippen LogP contribution in [0.1, 0.15) is 11.1 Å². The molecule has 0 bridgehead atoms. The number of nitrogens with two attached hydrogens (primary N) is 2. The molecule has 0 aliphatic rings. The smallest absolute Gasteiger partial charge is 0.0562 e. The molecule has 7 aromatic carbocycles. The topological polar surface area (TPSA) is 66.8 Å². The van der Waals surface area contributed by atoms with Crippen molar-refractivity contribution in [2.75, 3.05) is 12.3 Å². The van der Waals surface area contributed by atoms with E-state index in [2.05, 4.69) is 202 Å². The van der Waals surface area contributed by atoms with Gasteiger partial charge in [-0.15, -0.1) is 0 Å². The Morgan fingerprint density at radius 1 is 0.500 bits per heavy atom. The Morgan fingerprint density at radius 3 is 1.77 bits per heavy atom. The summed E-state index contributed by atoms with van der Waals surface area (Å²) >= 11 is 0. The third kappa shape index (κ3) is 5.61. The van der Waals surface area contributed by atoms with Crippen LogP contribution in [0.15, 0.2) is 200 Å². The van der Waals surface area contributed by atoms with Gasteiger partial charge in [-0.05, 0) is 95.6 Å². The monoisotopic (exact) mass is 721 g/mol. The van der Waals surface area contributed by atoms with Crippen LogP contribution in [0.2, 0.25) is 0 Å². The highest BCUT2D eigenvalue weighted by Crippen LogP contribution is 2.43. The van der Waals surface area contributed by atoms with Crippen LogP contribution < -0.4 is 11.5 Å². The van der Waals surface area contributed by atoms with Gasteiger partial charge < -0.3 is 25.2 Å². The van der Waals surface area contributed by atoms with Crippen LogP contribution in [0.4, 0.5) is 5.69 Å². The molecule has 3 aromatic heterocycles. The van der Waals surface area contributed by atoms with Crippen molar-refractivity contribution in [1.82, 2.24) is 13.7 Å². The summed E-state index contributed by atoms with van der Waals surface area (Å²) in [7, 11) is 0. The first-order valence-corrected chi connectivity index (χ1v) is 19.0. The van der Waals surface area contributed by atoms with E-state index in [1.165, 1.54) is 16.2 Å². The Labute approximate surface area is 325 Å². The van der Waals surface area contributed by atoms with Crippen molar-refractivity contribution in [3.05, 3.63) is 212 Å². The third-order valence-electron chi connectivity index (χ3n) is 10.9. The summed E-state index contributed by atoms with van der Waals surface area (Å²) in [6.45, 7) is 0.390. The number of anilines is 1. The first-order valence-electron chi connectivity index (χ1n) is 19.0. The van der Waals surface area contributed by atoms with Gasteiger partial charge in [-0.1, -0.05) is 109 Å². The van der Waals surface area contributed by atoms with Crippen LogP contribution in [0, 0.1) is 0 Å². The van der Waals surface area contributed by atoms with Crippen molar-refractivity contribution in [2.45, 2.75) is 0 Å². The average Bonchev–Trinajstić information content (AvgIpc) is 3.96. The van der Waals surface area contributed by atoms with Crippen molar-refractivity contribution in [1.29, 1.82) is 0 Å². The summed E-state index contributed by atoms with van der Waals surface area (Å²) in [6, 6.07) is 62.2. The molecule has 0 fully saturated rings. The number of nitrogen functional groups attached to an aromatic ring is 1. The van der Waals surface area contributed by atoms with Gasteiger partial charge in [0.1, 0.15) is 0 Å². The fraction of sp³-hybridized carbons (Fsp3) is 0.0196. The minimum absolute atomic E-state index is 0.390. The highest BCUT2D eigenvalue weighted by atomic mass is 15.0. The number of para-hydroxylation sites is 4. The van der Waals surface area contributed by atoms with Crippen molar-refractivity contribution in [3.8, 4) is 22.5 Å². The maximum Gasteiger partial charge on any atom is 0.0562 e. The normalized spacial score (nSPS) is 12.4. The van der Waals surface area contributed by atoms with Gasteiger partial charge in [0, 0.05) is 68.7 Å². The second-order valence-electron chi connectivity index (χ2n) is 14.2. The Bertz CT molecular complexity index is 3110. The largest absolute Gasteiger partial charge is 0.398 e. The first kappa shape index (κ1) is 33.2. The predicted octanol–water partition coefficient (Wildman–Crippen LogP) is 11.9. The molecule has 0 aliphatic heterocycles. The predicted molar refractivity (Wildman–Crippen MR) is 236 cm³/mol. The van der Waals surface area contributed by atoms with Crippen molar-refractivity contribution in [3.63, 3.8) is 0 Å². The molecule has 10 rings (SSSR count). The van der Waals surface area contributed by atoms with Crippen LogP contribution in [-0.4, -0.2) is 20.2 Å². The number of hydrogen-bond donors (Lipinski definition) is 2. The Balaban J connectivity index is 1.36. The summed E-state index contributed by atoms with van der Waals surface area (Å²) in [5.74, 6) is 0. The van der Waals surface area contributed by atoms with Crippen LogP contribution in [-0.2, 0) is 0 Å². The van der Waals surface area contributed by atoms with E-state index < -0.39 is 0 Å². The molecule has 0 atom stereocenters. The maximum absolute atomic E-state index is 6.86. The summed E-state index contributed by atoms with van der Waals surface area (Å²) in [5.41, 5.74) is 26.8. The van der Waals surface area contributed by atoms with Gasteiger partial charge >= 0.3 is 0 Å². The minimum Gasteiger partial charge on any atom is -0.398 e. The van der Waals surface area contributed by atoms with Gasteiger partial charge in [0.15, 0.2) is 0 Å². The average molecular weight is 722 g/mol. The second-order valence-corrected chi connectivity index (χ2v) is 14.2. The molecular weight excluding hydrogens is 683 g/mol. The summed E-state index contributed by atoms with van der Waals surface area (Å²) in [5, 5.41) is 4.67. The molecule has 0 amide bonds. The van der Waals surface area contributed by atoms with E-state index in [1.54, 1.807) is 0 Å². The Hall–Kier alpha value is -7.34. The lowest BCUT2D eigenvalue weighted by molar-refractivity contribution is 1.12. The van der Waals surface area contributed by atoms with E-state index in [9.17, 15) is 0 Å². The van der Waals surface area contributed by atoms with Gasteiger partial charge in [-0.3, -0.25) is 0 Å². The van der Waals surface area contributed by atoms with Gasteiger partial charge in [0.25, 0.3) is 0 Å². The summed E-state index contributed by atoms with van der Waals surface area (Å²) < 4.78 is 6.99. The number of allylic oxidation sites excluding steroid dienone is 2. The second kappa shape index (κ2) is 13.8. The van der Waals surface area contributed by atoms with E-state index in [1.807, 2.05) is 12.1 Å². The molecule has 4 N–H and O–H groups in total. The molecular formula is C51H39N5. The SMILES string of the molecule is NC/C=C(\C=C(c1cc2c(ccn2-c2ccccc2)cc1-c1ccccc1N)n1c2ccccc2c2cc3ccn(-c4ccccc4)c3cc21)c1ccccc1. The van der Waals surface area contributed by atoms with Crippen molar-refractivity contribution < 1.29 is 0 Å². The van der Waals surface area contributed by atoms with Crippen molar-refractivity contribution in [2.24, 2.45) is 5.73 Å². The number of hydrogen-bond acceptors (Lipinski definition) is 2. The molecule has 5 heteroatoms. The molecule has 0 saturated heterocycles. The number of rotatable bonds is 8. The first-order chi connectivity index (χ1) is 27.7. The Morgan fingerprint density at radius 2 is 1.09 bits per heavy atom. The highest BCUT2D eigenvalue weighted by Gasteiger charge is 2.22. The Kier molecular flexibility index (Phi) is 8.20. The molecule has 10 aromatic rings. The number of nitrogens with zero attached hydrogens (tertiary/aromatic N) is 3. The molecule has 56 heavy (non-hydrogen) atoms. The zero-order valence-corrected chi connectivity index (χ0v) is 30.8. The van der Waals surface area contributed by atoms with E-state index in [-0.39, 0.29) is 0 Å². The fourth-order valence-corrected chi connectivity index (χ4v) is 8.27. The van der Waals surface area contributed by atoms with Crippen molar-refractivity contribution >= 4 is 60.6 Å². The van der Waals surface area contributed by atoms with Crippen LogP contribution in [0.25, 0.3) is 77.4 Å². The molecule has 3 heterocycles. The highest BCUT2D eigenvalue weighted by molar-refractivity contribution is 6.15. The van der Waals surface area contributed by atoms with E-state index in [0.29, 0.717) is 6.54 Å². The van der Waals surface area contributed by atoms with E-state index in [0.717, 1.165) is 78.0 Å². The third-order valence-corrected chi connectivity index (χ3v) is 10.9. The summed E-state index contributed by atoms with van der Waals surface area (Å²) in [4.78, 5) is 0. The zero-order valence-electron chi connectivity index (χ0n) is 30.8. The lowest BCUT2D eigenvalue weighted by Crippen LogP contribution is -2.04. The molecule has 268 valence electrons. The van der Waals surface area contributed by atoms with Crippen LogP contribution in [0.5, 0.6) is 0 Å². The summed E-state index contributed by atoms with van der Waals surface area (Å²) in [6.07, 6.45) is 8.75. The number of aromatic nitrogens is 3. The number of fused-ring (bicyclic) bond motifs is 5. The fourth-order valence-electron chi connectivity index (χ4n) is 8.27. The van der Waals surface area contributed by atoms with Crippen LogP contribution >= 0.6 is 0 Å². The lowest BCUT2D eigenvalue weighted by atomic mass is 9.92. The molecule has 0 unspecified atom stereocenters. The molecule has 0 aliphatic carbocycles. The van der Waals surface area contributed by atoms with Gasteiger partial charge in [-0.2, -0.15) is 0 Å². The zero-order chi connectivity index (χ0) is 37.6. The minimum atomic E-state index is 0.390. The molecule has 0 radical (unpaired) electrons. The quantitative estimate of drug-likeness (QED) is 0.121. The molecule has 5 nitrogen and oxygen atoms in total. The van der Waals surface area contributed by atoms with E-state index >= 15 is 0 Å². The van der Waals surface area contributed by atoms with Gasteiger partial charge in [-0.25, -0.2) is 0 Å². The number of benzene rings is 7. The maximum atomic E-state index is 6.86.